The summed E-state index contributed by atoms with van der Waals surface area (Å²) >= 11 is 0. The van der Waals surface area contributed by atoms with E-state index >= 15 is 0 Å². The molecule has 1 aromatic carbocycles. The van der Waals surface area contributed by atoms with E-state index in [4.69, 9.17) is 14.2 Å². The van der Waals surface area contributed by atoms with Crippen LogP contribution >= 0.6 is 0 Å². The molecule has 7 heteroatoms. The first-order valence-electron chi connectivity index (χ1n) is 9.37. The van der Waals surface area contributed by atoms with Crippen molar-refractivity contribution in [2.45, 2.75) is 51.4 Å². The lowest BCUT2D eigenvalue weighted by molar-refractivity contribution is -0.143. The Labute approximate surface area is 160 Å². The molecule has 0 spiro atoms. The average Bonchev–Trinajstić information content (AvgIpc) is 2.65. The van der Waals surface area contributed by atoms with E-state index in [1.54, 1.807) is 22.9 Å². The number of rotatable bonds is 2. The van der Waals surface area contributed by atoms with E-state index in [0.29, 0.717) is 24.6 Å². The number of benzene rings is 1. The summed E-state index contributed by atoms with van der Waals surface area (Å²) in [6.45, 7) is 6.83. The Balaban J connectivity index is 1.61. The van der Waals surface area contributed by atoms with Crippen LogP contribution < -0.4 is 9.47 Å². The maximum atomic E-state index is 12.9. The lowest BCUT2D eigenvalue weighted by Crippen LogP contribution is -2.54. The van der Waals surface area contributed by atoms with E-state index in [2.05, 4.69) is 0 Å². The number of ether oxygens (including phenoxy) is 3. The molecular weight excluding hydrogens is 348 g/mol. The highest BCUT2D eigenvalue weighted by Gasteiger charge is 2.35. The van der Waals surface area contributed by atoms with Gasteiger partial charge in [0.15, 0.2) is 11.5 Å². The van der Waals surface area contributed by atoms with E-state index in [0.717, 1.165) is 12.8 Å². The number of hydrogen-bond acceptors (Lipinski definition) is 5. The zero-order valence-corrected chi connectivity index (χ0v) is 16.4. The van der Waals surface area contributed by atoms with Crippen LogP contribution in [0.2, 0.25) is 0 Å². The molecule has 2 atom stereocenters. The zero-order valence-electron chi connectivity index (χ0n) is 16.4. The van der Waals surface area contributed by atoms with Crippen molar-refractivity contribution in [2.75, 3.05) is 26.7 Å². The van der Waals surface area contributed by atoms with Crippen molar-refractivity contribution < 1.29 is 23.8 Å². The summed E-state index contributed by atoms with van der Waals surface area (Å²) in [6.07, 6.45) is 0.652. The van der Waals surface area contributed by atoms with Crippen LogP contribution in [-0.2, 0) is 9.53 Å². The molecule has 0 bridgehead atoms. The number of likely N-dealkylation sites (tertiary alicyclic amines) is 1. The van der Waals surface area contributed by atoms with Crippen molar-refractivity contribution in [1.29, 1.82) is 0 Å². The van der Waals surface area contributed by atoms with Gasteiger partial charge in [-0.3, -0.25) is 4.79 Å². The summed E-state index contributed by atoms with van der Waals surface area (Å²) in [6, 6.07) is 7.25. The Morgan fingerprint density at radius 3 is 2.63 bits per heavy atom. The Bertz CT molecular complexity index is 700. The van der Waals surface area contributed by atoms with Gasteiger partial charge in [0.05, 0.1) is 0 Å². The second kappa shape index (κ2) is 7.66. The number of carbonyl (C=O) groups excluding carboxylic acids is 2. The number of para-hydroxylation sites is 2. The van der Waals surface area contributed by atoms with Gasteiger partial charge in [0, 0.05) is 26.2 Å². The predicted molar refractivity (Wildman–Crippen MR) is 100.0 cm³/mol. The SMILES string of the molecule is CN(C(=O)[C@@H]1COc2ccccc2O1)[C@@H]1CCCN(C(=O)OC(C)(C)C)C1. The van der Waals surface area contributed by atoms with Crippen molar-refractivity contribution in [3.05, 3.63) is 24.3 Å². The number of nitrogens with zero attached hydrogens (tertiary/aromatic N) is 2. The first kappa shape index (κ1) is 19.3. The summed E-state index contributed by atoms with van der Waals surface area (Å²) in [5, 5.41) is 0. The summed E-state index contributed by atoms with van der Waals surface area (Å²) in [5.41, 5.74) is -0.535. The fourth-order valence-corrected chi connectivity index (χ4v) is 3.31. The van der Waals surface area contributed by atoms with Crippen LogP contribution in [-0.4, -0.2) is 66.3 Å². The highest BCUT2D eigenvalue weighted by molar-refractivity contribution is 5.82. The van der Waals surface area contributed by atoms with Gasteiger partial charge in [-0.15, -0.1) is 0 Å². The second-order valence-electron chi connectivity index (χ2n) is 8.04. The molecule has 1 fully saturated rings. The first-order chi connectivity index (χ1) is 12.7. The van der Waals surface area contributed by atoms with Gasteiger partial charge in [-0.25, -0.2) is 4.79 Å². The third-order valence-electron chi connectivity index (χ3n) is 4.73. The lowest BCUT2D eigenvalue weighted by atomic mass is 10.0. The molecule has 0 aliphatic carbocycles. The van der Waals surface area contributed by atoms with Crippen LogP contribution in [0.15, 0.2) is 24.3 Å². The molecule has 1 aromatic rings. The van der Waals surface area contributed by atoms with Crippen LogP contribution in [0.1, 0.15) is 33.6 Å². The van der Waals surface area contributed by atoms with Crippen molar-refractivity contribution in [1.82, 2.24) is 9.80 Å². The number of carbonyl (C=O) groups is 2. The first-order valence-corrected chi connectivity index (χ1v) is 9.37. The molecule has 2 amide bonds. The average molecular weight is 376 g/mol. The minimum absolute atomic E-state index is 0.0699. The largest absolute Gasteiger partial charge is 0.485 e. The maximum absolute atomic E-state index is 12.9. The summed E-state index contributed by atoms with van der Waals surface area (Å²) in [7, 11) is 1.76. The zero-order chi connectivity index (χ0) is 19.6. The highest BCUT2D eigenvalue weighted by atomic mass is 16.6. The van der Waals surface area contributed by atoms with Gasteiger partial charge in [0.1, 0.15) is 12.2 Å². The summed E-state index contributed by atoms with van der Waals surface area (Å²) in [4.78, 5) is 28.6. The van der Waals surface area contributed by atoms with Gasteiger partial charge in [0.2, 0.25) is 6.10 Å². The Morgan fingerprint density at radius 2 is 1.93 bits per heavy atom. The van der Waals surface area contributed by atoms with Gasteiger partial charge >= 0.3 is 6.09 Å². The van der Waals surface area contributed by atoms with Crippen molar-refractivity contribution in [3.63, 3.8) is 0 Å². The standard InChI is InChI=1S/C20H28N2O5/c1-20(2,3)27-19(24)22-11-7-8-14(12-22)21(4)18(23)17-13-25-15-9-5-6-10-16(15)26-17/h5-6,9-10,14,17H,7-8,11-13H2,1-4H3/t14-,17+/m1/s1. The van der Waals surface area contributed by atoms with Gasteiger partial charge in [-0.1, -0.05) is 12.1 Å². The van der Waals surface area contributed by atoms with Crippen LogP contribution in [0.4, 0.5) is 4.79 Å². The Morgan fingerprint density at radius 1 is 1.22 bits per heavy atom. The molecule has 7 nitrogen and oxygen atoms in total. The summed E-state index contributed by atoms with van der Waals surface area (Å²) < 4.78 is 16.9. The van der Waals surface area contributed by atoms with Gasteiger partial charge in [0.25, 0.3) is 5.91 Å². The molecular formula is C20H28N2O5. The maximum Gasteiger partial charge on any atom is 0.410 e. The monoisotopic (exact) mass is 376 g/mol. The normalized spacial score (nSPS) is 22.1. The van der Waals surface area contributed by atoms with Crippen molar-refractivity contribution >= 4 is 12.0 Å². The summed E-state index contributed by atoms with van der Waals surface area (Å²) in [5.74, 6) is 1.09. The predicted octanol–water partition coefficient (Wildman–Crippen LogP) is 2.68. The Kier molecular flexibility index (Phi) is 5.48. The Hall–Kier alpha value is -2.44. The van der Waals surface area contributed by atoms with E-state index in [1.807, 2.05) is 39.0 Å². The molecule has 1 saturated heterocycles. The number of hydrogen-bond donors (Lipinski definition) is 0. The lowest BCUT2D eigenvalue weighted by Gasteiger charge is -2.39. The van der Waals surface area contributed by atoms with Crippen molar-refractivity contribution in [2.24, 2.45) is 0 Å². The van der Waals surface area contributed by atoms with Gasteiger partial charge in [-0.05, 0) is 45.7 Å². The molecule has 3 rings (SSSR count). The minimum atomic E-state index is -0.679. The van der Waals surface area contributed by atoms with Gasteiger partial charge in [-0.2, -0.15) is 0 Å². The fraction of sp³-hybridized carbons (Fsp3) is 0.600. The number of likely N-dealkylation sites (N-methyl/N-ethyl adjacent to an activating group) is 1. The van der Waals surface area contributed by atoms with E-state index < -0.39 is 11.7 Å². The molecule has 0 saturated carbocycles. The fourth-order valence-electron chi connectivity index (χ4n) is 3.31. The van der Waals surface area contributed by atoms with Crippen molar-refractivity contribution in [3.8, 4) is 11.5 Å². The van der Waals surface area contributed by atoms with E-state index in [-0.39, 0.29) is 24.6 Å². The third kappa shape index (κ3) is 4.64. The van der Waals surface area contributed by atoms with E-state index in [1.165, 1.54) is 0 Å². The van der Waals surface area contributed by atoms with Gasteiger partial charge < -0.3 is 24.0 Å². The molecule has 2 aliphatic heterocycles. The number of amides is 2. The topological polar surface area (TPSA) is 68.3 Å². The van der Waals surface area contributed by atoms with Crippen LogP contribution in [0.25, 0.3) is 0 Å². The minimum Gasteiger partial charge on any atom is -0.485 e. The van der Waals surface area contributed by atoms with Crippen LogP contribution in [0, 0.1) is 0 Å². The van der Waals surface area contributed by atoms with Crippen LogP contribution in [0.3, 0.4) is 0 Å². The molecule has 0 unspecified atom stereocenters. The molecule has 0 N–H and O–H groups in total. The highest BCUT2D eigenvalue weighted by Crippen LogP contribution is 2.31. The molecule has 148 valence electrons. The quantitative estimate of drug-likeness (QED) is 0.794. The molecule has 0 radical (unpaired) electrons. The smallest absolute Gasteiger partial charge is 0.410 e. The van der Waals surface area contributed by atoms with Crippen LogP contribution in [0.5, 0.6) is 11.5 Å². The molecule has 2 aliphatic rings. The molecule has 2 heterocycles. The second-order valence-corrected chi connectivity index (χ2v) is 8.04. The third-order valence-corrected chi connectivity index (χ3v) is 4.73. The van der Waals surface area contributed by atoms with E-state index in [9.17, 15) is 9.59 Å². The molecule has 0 aromatic heterocycles. The number of piperidine rings is 1. The molecule has 27 heavy (non-hydrogen) atoms. The number of fused-ring (bicyclic) bond motifs is 1.